The molecular formula is C25H24FNO3. The van der Waals surface area contributed by atoms with Crippen molar-refractivity contribution < 1.29 is 18.7 Å². The number of aliphatic hydroxyl groups is 1. The molecule has 4 nitrogen and oxygen atoms in total. The quantitative estimate of drug-likeness (QED) is 0.425. The summed E-state index contributed by atoms with van der Waals surface area (Å²) >= 11 is 0. The number of benzene rings is 3. The van der Waals surface area contributed by atoms with Crippen LogP contribution in [0.5, 0.6) is 5.75 Å². The molecule has 0 aliphatic rings. The number of ether oxygens (including phenoxy) is 1. The molecule has 0 amide bonds. The Bertz CT molecular complexity index is 1060. The summed E-state index contributed by atoms with van der Waals surface area (Å²) in [5, 5.41) is 13.0. The van der Waals surface area contributed by atoms with Crippen LogP contribution in [0.4, 0.5) is 4.39 Å². The lowest BCUT2D eigenvalue weighted by Crippen LogP contribution is -2.35. The molecule has 5 heteroatoms. The number of furan rings is 1. The second kappa shape index (κ2) is 9.57. The normalized spacial score (nSPS) is 12.4. The fourth-order valence-electron chi connectivity index (χ4n) is 3.55. The Labute approximate surface area is 175 Å². The first-order valence-corrected chi connectivity index (χ1v) is 9.95. The number of hydrogen-bond acceptors (Lipinski definition) is 4. The van der Waals surface area contributed by atoms with Crippen LogP contribution in [0.3, 0.4) is 0 Å². The first-order chi connectivity index (χ1) is 14.7. The number of halogens is 1. The van der Waals surface area contributed by atoms with E-state index in [1.54, 1.807) is 18.4 Å². The second-order valence-electron chi connectivity index (χ2n) is 7.31. The first kappa shape index (κ1) is 20.1. The Balaban J connectivity index is 1.45. The molecule has 0 fully saturated rings. The van der Waals surface area contributed by atoms with Gasteiger partial charge in [-0.15, -0.1) is 0 Å². The summed E-state index contributed by atoms with van der Waals surface area (Å²) in [6, 6.07) is 24.1. The molecule has 1 atom stereocenters. The van der Waals surface area contributed by atoms with E-state index >= 15 is 0 Å². The van der Waals surface area contributed by atoms with E-state index in [0.717, 1.165) is 5.76 Å². The van der Waals surface area contributed by atoms with Gasteiger partial charge in [0.15, 0.2) is 0 Å². The van der Waals surface area contributed by atoms with E-state index in [1.807, 2.05) is 24.3 Å². The van der Waals surface area contributed by atoms with Gasteiger partial charge in [-0.25, -0.2) is 4.39 Å². The molecular weight excluding hydrogens is 381 g/mol. The van der Waals surface area contributed by atoms with Crippen LogP contribution in [0.15, 0.2) is 89.5 Å². The third kappa shape index (κ3) is 5.26. The van der Waals surface area contributed by atoms with Crippen molar-refractivity contribution in [1.29, 1.82) is 0 Å². The number of rotatable bonds is 9. The molecule has 1 unspecified atom stereocenters. The van der Waals surface area contributed by atoms with Crippen LogP contribution in [0.1, 0.15) is 11.3 Å². The molecule has 0 aliphatic carbocycles. The molecule has 3 aromatic carbocycles. The number of hydrogen-bond donors (Lipinski definition) is 1. The Morgan fingerprint density at radius 2 is 1.70 bits per heavy atom. The van der Waals surface area contributed by atoms with Crippen molar-refractivity contribution in [2.75, 3.05) is 13.2 Å². The highest BCUT2D eigenvalue weighted by Gasteiger charge is 2.16. The van der Waals surface area contributed by atoms with Crippen molar-refractivity contribution in [2.45, 2.75) is 19.2 Å². The molecule has 0 spiro atoms. The van der Waals surface area contributed by atoms with Gasteiger partial charge in [0.1, 0.15) is 30.0 Å². The topological polar surface area (TPSA) is 45.8 Å². The van der Waals surface area contributed by atoms with Crippen LogP contribution in [0, 0.1) is 5.82 Å². The van der Waals surface area contributed by atoms with Crippen LogP contribution in [0.25, 0.3) is 10.8 Å². The molecule has 1 N–H and O–H groups in total. The van der Waals surface area contributed by atoms with Gasteiger partial charge in [-0.2, -0.15) is 0 Å². The van der Waals surface area contributed by atoms with Gasteiger partial charge in [-0.3, -0.25) is 4.90 Å². The molecule has 1 heterocycles. The second-order valence-corrected chi connectivity index (χ2v) is 7.31. The number of fused-ring (bicyclic) bond motifs is 1. The molecule has 0 saturated heterocycles. The summed E-state index contributed by atoms with van der Waals surface area (Å²) in [5.41, 5.74) is 1.19. The van der Waals surface area contributed by atoms with Crippen LogP contribution in [-0.4, -0.2) is 29.3 Å². The van der Waals surface area contributed by atoms with Crippen LogP contribution in [-0.2, 0) is 13.1 Å². The fraction of sp³-hybridized carbons (Fsp3) is 0.200. The lowest BCUT2D eigenvalue weighted by molar-refractivity contribution is 0.0606. The van der Waals surface area contributed by atoms with Crippen molar-refractivity contribution in [3.63, 3.8) is 0 Å². The van der Waals surface area contributed by atoms with Gasteiger partial charge in [0.2, 0.25) is 0 Å². The Morgan fingerprint density at radius 3 is 2.50 bits per heavy atom. The minimum atomic E-state index is -0.708. The fourth-order valence-corrected chi connectivity index (χ4v) is 3.55. The van der Waals surface area contributed by atoms with E-state index in [0.29, 0.717) is 25.4 Å². The average Bonchev–Trinajstić information content (AvgIpc) is 3.27. The molecule has 0 bridgehead atoms. The molecule has 0 aliphatic heterocycles. The standard InChI is InChI=1S/C25H24FNO3/c26-21-10-12-23(13-11-21)30-18-22(28)16-27(17-24-8-4-14-29-24)15-20-7-3-6-19-5-1-2-9-25(19)20/h1-14,22,28H,15-18H2. The van der Waals surface area contributed by atoms with Crippen LogP contribution in [0.2, 0.25) is 0 Å². The van der Waals surface area contributed by atoms with Crippen molar-refractivity contribution in [3.8, 4) is 5.75 Å². The predicted molar refractivity (Wildman–Crippen MR) is 115 cm³/mol. The highest BCUT2D eigenvalue weighted by Crippen LogP contribution is 2.21. The lowest BCUT2D eigenvalue weighted by atomic mass is 10.0. The van der Waals surface area contributed by atoms with Crippen molar-refractivity contribution in [3.05, 3.63) is 102 Å². The minimum absolute atomic E-state index is 0.121. The average molecular weight is 405 g/mol. The molecule has 4 aromatic rings. The summed E-state index contributed by atoms with van der Waals surface area (Å²) in [6.45, 7) is 1.76. The minimum Gasteiger partial charge on any atom is -0.491 e. The Morgan fingerprint density at radius 1 is 0.900 bits per heavy atom. The zero-order valence-electron chi connectivity index (χ0n) is 16.6. The SMILES string of the molecule is OC(COc1ccc(F)cc1)CN(Cc1ccco1)Cc1cccc2ccccc12. The third-order valence-corrected chi connectivity index (χ3v) is 4.96. The van der Waals surface area contributed by atoms with Gasteiger partial charge in [-0.1, -0.05) is 42.5 Å². The summed E-state index contributed by atoms with van der Waals surface area (Å²) < 4.78 is 24.2. The largest absolute Gasteiger partial charge is 0.491 e. The lowest BCUT2D eigenvalue weighted by Gasteiger charge is -2.25. The first-order valence-electron chi connectivity index (χ1n) is 9.95. The smallest absolute Gasteiger partial charge is 0.123 e. The van der Waals surface area contributed by atoms with Crippen LogP contribution >= 0.6 is 0 Å². The maximum atomic E-state index is 13.0. The molecule has 154 valence electrons. The monoisotopic (exact) mass is 405 g/mol. The van der Waals surface area contributed by atoms with Gasteiger partial charge in [0, 0.05) is 13.1 Å². The Kier molecular flexibility index (Phi) is 6.42. The van der Waals surface area contributed by atoms with Gasteiger partial charge in [0.25, 0.3) is 0 Å². The third-order valence-electron chi connectivity index (χ3n) is 4.96. The van der Waals surface area contributed by atoms with Gasteiger partial charge < -0.3 is 14.3 Å². The van der Waals surface area contributed by atoms with E-state index in [4.69, 9.17) is 9.15 Å². The van der Waals surface area contributed by atoms with E-state index in [1.165, 1.54) is 28.5 Å². The maximum Gasteiger partial charge on any atom is 0.123 e. The molecule has 30 heavy (non-hydrogen) atoms. The highest BCUT2D eigenvalue weighted by molar-refractivity contribution is 5.85. The predicted octanol–water partition coefficient (Wildman–Crippen LogP) is 5.01. The number of nitrogens with zero attached hydrogens (tertiary/aromatic N) is 1. The summed E-state index contributed by atoms with van der Waals surface area (Å²) in [4.78, 5) is 2.14. The number of aliphatic hydroxyl groups excluding tert-OH is 1. The van der Waals surface area contributed by atoms with Gasteiger partial charge >= 0.3 is 0 Å². The molecule has 0 radical (unpaired) electrons. The maximum absolute atomic E-state index is 13.0. The summed E-state index contributed by atoms with van der Waals surface area (Å²) in [7, 11) is 0. The van der Waals surface area contributed by atoms with E-state index in [2.05, 4.69) is 35.2 Å². The molecule has 0 saturated carbocycles. The van der Waals surface area contributed by atoms with E-state index < -0.39 is 6.10 Å². The Hall–Kier alpha value is -3.15. The van der Waals surface area contributed by atoms with Crippen LogP contribution < -0.4 is 4.74 Å². The highest BCUT2D eigenvalue weighted by atomic mass is 19.1. The summed E-state index contributed by atoms with van der Waals surface area (Å²) in [5.74, 6) is 1.05. The zero-order valence-corrected chi connectivity index (χ0v) is 16.6. The molecule has 4 rings (SSSR count). The molecule has 1 aromatic heterocycles. The van der Waals surface area contributed by atoms with Gasteiger partial charge in [0.05, 0.1) is 12.8 Å². The van der Waals surface area contributed by atoms with E-state index in [-0.39, 0.29) is 12.4 Å². The summed E-state index contributed by atoms with van der Waals surface area (Å²) in [6.07, 6.45) is 0.944. The van der Waals surface area contributed by atoms with E-state index in [9.17, 15) is 9.50 Å². The van der Waals surface area contributed by atoms with Gasteiger partial charge in [-0.05, 0) is 52.7 Å². The zero-order chi connectivity index (χ0) is 20.8. The van der Waals surface area contributed by atoms with Crippen molar-refractivity contribution >= 4 is 10.8 Å². The van der Waals surface area contributed by atoms with Crippen molar-refractivity contribution in [2.24, 2.45) is 0 Å². The van der Waals surface area contributed by atoms with Crippen molar-refractivity contribution in [1.82, 2.24) is 4.90 Å².